The number of esters is 1. The highest BCUT2D eigenvalue weighted by Gasteiger charge is 2.39. The van der Waals surface area contributed by atoms with E-state index in [2.05, 4.69) is 4.98 Å². The summed E-state index contributed by atoms with van der Waals surface area (Å²) in [6.07, 6.45) is 8.44. The van der Waals surface area contributed by atoms with Crippen LogP contribution in [-0.2, 0) is 14.3 Å². The molecule has 25 heavy (non-hydrogen) atoms. The molecule has 7 nitrogen and oxygen atoms in total. The van der Waals surface area contributed by atoms with E-state index < -0.39 is 12.1 Å². The summed E-state index contributed by atoms with van der Waals surface area (Å²) in [5, 5.41) is 0. The lowest BCUT2D eigenvalue weighted by Crippen LogP contribution is -2.56. The number of nitrogens with zero attached hydrogens (tertiary/aromatic N) is 3. The van der Waals surface area contributed by atoms with Gasteiger partial charge in [0.25, 0.3) is 0 Å². The van der Waals surface area contributed by atoms with Gasteiger partial charge in [0.15, 0.2) is 0 Å². The normalized spacial score (nSPS) is 22.0. The average Bonchev–Trinajstić information content (AvgIpc) is 3.14. The lowest BCUT2D eigenvalue weighted by molar-refractivity contribution is -0.158. The summed E-state index contributed by atoms with van der Waals surface area (Å²) in [5.74, 6) is -0.477. The molecule has 7 heteroatoms. The number of amides is 1. The molecule has 1 aliphatic heterocycles. The molecule has 3 atom stereocenters. The van der Waals surface area contributed by atoms with Crippen LogP contribution in [0.4, 0.5) is 0 Å². The summed E-state index contributed by atoms with van der Waals surface area (Å²) in [6.45, 7) is 6.75. The molecule has 2 heterocycles. The van der Waals surface area contributed by atoms with E-state index in [4.69, 9.17) is 10.5 Å². The van der Waals surface area contributed by atoms with Crippen LogP contribution in [0.3, 0.4) is 0 Å². The van der Waals surface area contributed by atoms with Crippen LogP contribution in [0, 0.1) is 5.92 Å². The van der Waals surface area contributed by atoms with Gasteiger partial charge in [-0.05, 0) is 25.2 Å². The molecule has 2 unspecified atom stereocenters. The van der Waals surface area contributed by atoms with E-state index in [0.717, 1.165) is 19.3 Å². The standard InChI is InChI=1S/C18H30N4O3/c1-4-5-10-25-18(24)15-11-14(21-9-7-20-12-21)6-8-22(15)17(23)16(19)13(2)3/h7,9,12-16H,4-6,8,10-11,19H2,1-3H3/t14?,15-,16?/m0/s1. The highest BCUT2D eigenvalue weighted by atomic mass is 16.5. The first-order chi connectivity index (χ1) is 12.0. The van der Waals surface area contributed by atoms with E-state index in [0.29, 0.717) is 19.6 Å². The fraction of sp³-hybridized carbons (Fsp3) is 0.722. The van der Waals surface area contributed by atoms with E-state index in [1.807, 2.05) is 31.5 Å². The Bertz CT molecular complexity index is 559. The Labute approximate surface area is 149 Å². The van der Waals surface area contributed by atoms with Crippen LogP contribution in [0.25, 0.3) is 0 Å². The largest absolute Gasteiger partial charge is 0.464 e. The van der Waals surface area contributed by atoms with Crippen molar-refractivity contribution in [3.8, 4) is 0 Å². The highest BCUT2D eigenvalue weighted by molar-refractivity contribution is 5.88. The van der Waals surface area contributed by atoms with Gasteiger partial charge in [-0.25, -0.2) is 9.78 Å². The zero-order valence-corrected chi connectivity index (χ0v) is 15.4. The Morgan fingerprint density at radius 2 is 2.16 bits per heavy atom. The number of likely N-dealkylation sites (tertiary alicyclic amines) is 1. The third-order valence-electron chi connectivity index (χ3n) is 4.82. The summed E-state index contributed by atoms with van der Waals surface area (Å²) in [5.41, 5.74) is 6.05. The molecular weight excluding hydrogens is 320 g/mol. The maximum Gasteiger partial charge on any atom is 0.328 e. The molecule has 0 radical (unpaired) electrons. The van der Waals surface area contributed by atoms with E-state index >= 15 is 0 Å². The number of carbonyl (C=O) groups is 2. The number of ether oxygens (including phenoxy) is 1. The molecule has 140 valence electrons. The predicted molar refractivity (Wildman–Crippen MR) is 94.7 cm³/mol. The van der Waals surface area contributed by atoms with Gasteiger partial charge in [-0.2, -0.15) is 0 Å². The fourth-order valence-electron chi connectivity index (χ4n) is 3.08. The van der Waals surface area contributed by atoms with Crippen molar-refractivity contribution in [3.63, 3.8) is 0 Å². The second kappa shape index (κ2) is 8.99. The Hall–Kier alpha value is -1.89. The molecule has 0 bridgehead atoms. The minimum atomic E-state index is -0.601. The fourth-order valence-corrected chi connectivity index (χ4v) is 3.08. The second-order valence-electron chi connectivity index (χ2n) is 7.03. The highest BCUT2D eigenvalue weighted by Crippen LogP contribution is 2.28. The van der Waals surface area contributed by atoms with Crippen molar-refractivity contribution in [2.24, 2.45) is 11.7 Å². The van der Waals surface area contributed by atoms with E-state index in [-0.39, 0.29) is 23.8 Å². The van der Waals surface area contributed by atoms with Crippen molar-refractivity contribution >= 4 is 11.9 Å². The minimum absolute atomic E-state index is 0.0237. The van der Waals surface area contributed by atoms with Crippen LogP contribution < -0.4 is 5.73 Å². The quantitative estimate of drug-likeness (QED) is 0.597. The molecule has 0 aromatic carbocycles. The van der Waals surface area contributed by atoms with Crippen LogP contribution in [0.1, 0.15) is 52.5 Å². The molecule has 1 aliphatic rings. The minimum Gasteiger partial charge on any atom is -0.464 e. The zero-order chi connectivity index (χ0) is 18.4. The van der Waals surface area contributed by atoms with Crippen molar-refractivity contribution in [1.82, 2.24) is 14.5 Å². The Morgan fingerprint density at radius 3 is 2.76 bits per heavy atom. The van der Waals surface area contributed by atoms with Crippen molar-refractivity contribution in [1.29, 1.82) is 0 Å². The summed E-state index contributed by atoms with van der Waals surface area (Å²) < 4.78 is 7.41. The Balaban J connectivity index is 2.13. The average molecular weight is 350 g/mol. The topological polar surface area (TPSA) is 90.5 Å². The van der Waals surface area contributed by atoms with Crippen LogP contribution in [0.2, 0.25) is 0 Å². The Morgan fingerprint density at radius 1 is 1.40 bits per heavy atom. The van der Waals surface area contributed by atoms with Crippen LogP contribution in [-0.4, -0.2) is 51.6 Å². The molecule has 1 saturated heterocycles. The van der Waals surface area contributed by atoms with E-state index in [1.165, 1.54) is 0 Å². The van der Waals surface area contributed by atoms with Gasteiger partial charge in [0, 0.05) is 25.0 Å². The van der Waals surface area contributed by atoms with Gasteiger partial charge in [-0.15, -0.1) is 0 Å². The summed E-state index contributed by atoms with van der Waals surface area (Å²) in [4.78, 5) is 31.1. The molecule has 1 aromatic rings. The number of piperidine rings is 1. The molecule has 1 amide bonds. The van der Waals surface area contributed by atoms with Gasteiger partial charge in [0.1, 0.15) is 6.04 Å². The third-order valence-corrected chi connectivity index (χ3v) is 4.82. The van der Waals surface area contributed by atoms with Crippen LogP contribution in [0.5, 0.6) is 0 Å². The maximum atomic E-state index is 12.8. The monoisotopic (exact) mass is 350 g/mol. The zero-order valence-electron chi connectivity index (χ0n) is 15.4. The molecule has 1 fully saturated rings. The molecular formula is C18H30N4O3. The number of nitrogens with two attached hydrogens (primary N) is 1. The number of imidazole rings is 1. The summed E-state index contributed by atoms with van der Waals surface area (Å²) in [7, 11) is 0. The number of carbonyl (C=O) groups excluding carboxylic acids is 2. The van der Waals surface area contributed by atoms with Gasteiger partial charge in [-0.3, -0.25) is 4.79 Å². The van der Waals surface area contributed by atoms with Crippen LogP contribution >= 0.6 is 0 Å². The molecule has 2 N–H and O–H groups in total. The van der Waals surface area contributed by atoms with Gasteiger partial charge >= 0.3 is 5.97 Å². The first kappa shape index (κ1) is 19.4. The number of hydrogen-bond donors (Lipinski definition) is 1. The van der Waals surface area contributed by atoms with Crippen molar-refractivity contribution in [2.75, 3.05) is 13.2 Å². The van der Waals surface area contributed by atoms with Gasteiger partial charge in [0.05, 0.1) is 19.0 Å². The van der Waals surface area contributed by atoms with Gasteiger partial charge in [0.2, 0.25) is 5.91 Å². The Kier molecular flexibility index (Phi) is 6.99. The lowest BCUT2D eigenvalue weighted by atomic mass is 9.94. The number of rotatable bonds is 7. The molecule has 0 spiro atoms. The SMILES string of the molecule is CCCCOC(=O)[C@@H]1CC(n2ccnc2)CCN1C(=O)C(N)C(C)C. The second-order valence-corrected chi connectivity index (χ2v) is 7.03. The summed E-state index contributed by atoms with van der Waals surface area (Å²) >= 11 is 0. The molecule has 2 rings (SSSR count). The van der Waals surface area contributed by atoms with Crippen molar-refractivity contribution in [2.45, 2.75) is 64.6 Å². The third kappa shape index (κ3) is 4.81. The molecule has 0 saturated carbocycles. The summed E-state index contributed by atoms with van der Waals surface area (Å²) in [6, 6.07) is -1.06. The smallest absolute Gasteiger partial charge is 0.328 e. The maximum absolute atomic E-state index is 12.8. The first-order valence-electron chi connectivity index (χ1n) is 9.15. The first-order valence-corrected chi connectivity index (χ1v) is 9.15. The number of unbranched alkanes of at least 4 members (excludes halogenated alkanes) is 1. The van der Waals surface area contributed by atoms with E-state index in [1.54, 1.807) is 17.4 Å². The molecule has 0 aliphatic carbocycles. The predicted octanol–water partition coefficient (Wildman–Crippen LogP) is 1.74. The lowest BCUT2D eigenvalue weighted by Gasteiger charge is -2.40. The van der Waals surface area contributed by atoms with Crippen molar-refractivity contribution < 1.29 is 14.3 Å². The number of aromatic nitrogens is 2. The van der Waals surface area contributed by atoms with Crippen molar-refractivity contribution in [3.05, 3.63) is 18.7 Å². The molecule has 1 aromatic heterocycles. The van der Waals surface area contributed by atoms with Gasteiger partial charge < -0.3 is 19.9 Å². The van der Waals surface area contributed by atoms with E-state index in [9.17, 15) is 9.59 Å². The van der Waals surface area contributed by atoms with Gasteiger partial charge in [-0.1, -0.05) is 27.2 Å². The number of hydrogen-bond acceptors (Lipinski definition) is 5. The van der Waals surface area contributed by atoms with Crippen LogP contribution in [0.15, 0.2) is 18.7 Å².